The van der Waals surface area contributed by atoms with Crippen molar-refractivity contribution in [1.29, 1.82) is 0 Å². The number of pyridine rings is 2. The number of hydrogen-bond acceptors (Lipinski definition) is 13. The molecule has 5 N–H and O–H groups in total. The van der Waals surface area contributed by atoms with E-state index in [2.05, 4.69) is 10.9 Å². The smallest absolute Gasteiger partial charge is 0.355 e. The van der Waals surface area contributed by atoms with Gasteiger partial charge in [0.25, 0.3) is 11.5 Å². The standard InChI is InChI=1S/C30H35N5O10/c1-2-30(45-26(38)14-32-34-25(37)17-43-10-9-42-8-7-41-6-5-31)22-13-24-27-19(11-18-12-20(36)3-4-23(18)33-27)15-35(24)28(39)21(22)16-44-29(30)40/h3-4,11-13,32,36H,2,5-10,14-17,31H2,1H3,(H,34,37)/t30-/m0/s1. The van der Waals surface area contributed by atoms with Crippen molar-refractivity contribution in [2.24, 2.45) is 5.73 Å². The molecule has 0 bridgehead atoms. The minimum absolute atomic E-state index is 0.00777. The molecule has 1 atom stereocenters. The number of rotatable bonds is 15. The molecule has 4 heterocycles. The lowest BCUT2D eigenvalue weighted by atomic mass is 9.85. The maximum atomic E-state index is 13.6. The van der Waals surface area contributed by atoms with Crippen molar-refractivity contribution in [3.05, 3.63) is 57.4 Å². The number of amides is 1. The summed E-state index contributed by atoms with van der Waals surface area (Å²) in [5.74, 6) is -2.11. The van der Waals surface area contributed by atoms with E-state index in [1.807, 2.05) is 6.07 Å². The zero-order valence-corrected chi connectivity index (χ0v) is 24.8. The zero-order chi connectivity index (χ0) is 32.0. The van der Waals surface area contributed by atoms with Gasteiger partial charge in [0.2, 0.25) is 5.60 Å². The monoisotopic (exact) mass is 625 g/mol. The number of aromatic nitrogens is 2. The van der Waals surface area contributed by atoms with Gasteiger partial charge in [0.1, 0.15) is 25.5 Å². The van der Waals surface area contributed by atoms with Crippen LogP contribution in [0.3, 0.4) is 0 Å². The van der Waals surface area contributed by atoms with E-state index >= 15 is 0 Å². The molecular weight excluding hydrogens is 590 g/mol. The van der Waals surface area contributed by atoms with Crippen molar-refractivity contribution < 1.29 is 43.2 Å². The predicted octanol–water partition coefficient (Wildman–Crippen LogP) is -0.0346. The third-order valence-corrected chi connectivity index (χ3v) is 7.45. The molecule has 3 aromatic rings. The van der Waals surface area contributed by atoms with Crippen molar-refractivity contribution in [2.75, 3.05) is 52.7 Å². The fraction of sp³-hybridized carbons (Fsp3) is 0.433. The first-order valence-corrected chi connectivity index (χ1v) is 14.5. The third kappa shape index (κ3) is 6.82. The highest BCUT2D eigenvalue weighted by molar-refractivity contribution is 5.89. The molecule has 15 nitrogen and oxygen atoms in total. The number of esters is 2. The van der Waals surface area contributed by atoms with Crippen LogP contribution in [0.4, 0.5) is 0 Å². The summed E-state index contributed by atoms with van der Waals surface area (Å²) in [6, 6.07) is 8.31. The van der Waals surface area contributed by atoms with Crippen LogP contribution in [-0.2, 0) is 56.8 Å². The van der Waals surface area contributed by atoms with Gasteiger partial charge in [-0.25, -0.2) is 15.2 Å². The van der Waals surface area contributed by atoms with Gasteiger partial charge in [0.05, 0.1) is 62.0 Å². The molecular formula is C30H35N5O10. The lowest BCUT2D eigenvalue weighted by Crippen LogP contribution is -2.50. The summed E-state index contributed by atoms with van der Waals surface area (Å²) >= 11 is 0. The van der Waals surface area contributed by atoms with Gasteiger partial charge in [-0.3, -0.25) is 19.8 Å². The number of carbonyl (C=O) groups is 3. The number of nitrogens with zero attached hydrogens (tertiary/aromatic N) is 2. The van der Waals surface area contributed by atoms with E-state index in [0.717, 1.165) is 10.9 Å². The molecule has 2 aromatic heterocycles. The van der Waals surface area contributed by atoms with Crippen LogP contribution in [-0.4, -0.2) is 85.2 Å². The van der Waals surface area contributed by atoms with Gasteiger partial charge in [-0.15, -0.1) is 0 Å². The Labute approximate surface area is 257 Å². The second-order valence-corrected chi connectivity index (χ2v) is 10.4. The molecule has 1 amide bonds. The first kappa shape index (κ1) is 32.0. The van der Waals surface area contributed by atoms with Crippen molar-refractivity contribution >= 4 is 28.7 Å². The van der Waals surface area contributed by atoms with Crippen LogP contribution < -0.4 is 22.1 Å². The van der Waals surface area contributed by atoms with Gasteiger partial charge < -0.3 is 39.1 Å². The van der Waals surface area contributed by atoms with E-state index in [1.54, 1.807) is 29.7 Å². The average molecular weight is 626 g/mol. The average Bonchev–Trinajstić information content (AvgIpc) is 3.38. The van der Waals surface area contributed by atoms with E-state index in [0.29, 0.717) is 43.3 Å². The highest BCUT2D eigenvalue weighted by Crippen LogP contribution is 2.41. The first-order valence-electron chi connectivity index (χ1n) is 14.5. The number of cyclic esters (lactones) is 1. The fourth-order valence-electron chi connectivity index (χ4n) is 5.30. The van der Waals surface area contributed by atoms with Crippen LogP contribution >= 0.6 is 0 Å². The fourth-order valence-corrected chi connectivity index (χ4v) is 5.30. The van der Waals surface area contributed by atoms with Gasteiger partial charge >= 0.3 is 11.9 Å². The number of aromatic hydroxyl groups is 1. The maximum absolute atomic E-state index is 13.6. The minimum atomic E-state index is -1.88. The molecule has 240 valence electrons. The number of carbonyl (C=O) groups excluding carboxylic acids is 3. The highest BCUT2D eigenvalue weighted by atomic mass is 16.6. The Bertz CT molecular complexity index is 1660. The Morgan fingerprint density at radius 1 is 1.09 bits per heavy atom. The predicted molar refractivity (Wildman–Crippen MR) is 158 cm³/mol. The van der Waals surface area contributed by atoms with Gasteiger partial charge in [-0.2, -0.15) is 0 Å². The lowest BCUT2D eigenvalue weighted by molar-refractivity contribution is -0.189. The van der Waals surface area contributed by atoms with Gasteiger partial charge in [0.15, 0.2) is 0 Å². The van der Waals surface area contributed by atoms with Gasteiger partial charge in [-0.05, 0) is 36.8 Å². The minimum Gasteiger partial charge on any atom is -0.508 e. The van der Waals surface area contributed by atoms with Crippen molar-refractivity contribution in [3.63, 3.8) is 0 Å². The van der Waals surface area contributed by atoms with E-state index in [1.165, 1.54) is 6.07 Å². The largest absolute Gasteiger partial charge is 0.508 e. The summed E-state index contributed by atoms with van der Waals surface area (Å²) in [7, 11) is 0. The van der Waals surface area contributed by atoms with E-state index in [9.17, 15) is 24.3 Å². The molecule has 0 fully saturated rings. The number of fused-ring (bicyclic) bond motifs is 5. The number of nitrogens with one attached hydrogen (secondary N) is 2. The zero-order valence-electron chi connectivity index (χ0n) is 24.8. The topological polar surface area (TPSA) is 203 Å². The molecule has 0 saturated carbocycles. The summed E-state index contributed by atoms with van der Waals surface area (Å²) in [6.45, 7) is 2.98. The number of phenols is 1. The highest BCUT2D eigenvalue weighted by Gasteiger charge is 2.50. The Morgan fingerprint density at radius 2 is 1.84 bits per heavy atom. The van der Waals surface area contributed by atoms with Crippen molar-refractivity contribution in [2.45, 2.75) is 32.1 Å². The molecule has 0 aliphatic carbocycles. The molecule has 0 radical (unpaired) electrons. The van der Waals surface area contributed by atoms with Crippen LogP contribution in [0.1, 0.15) is 30.0 Å². The second-order valence-electron chi connectivity index (χ2n) is 10.4. The summed E-state index contributed by atoms with van der Waals surface area (Å²) in [5, 5.41) is 10.6. The van der Waals surface area contributed by atoms with Crippen LogP contribution in [0, 0.1) is 0 Å². The van der Waals surface area contributed by atoms with Gasteiger partial charge in [-0.1, -0.05) is 6.92 Å². The maximum Gasteiger partial charge on any atom is 0.355 e. The van der Waals surface area contributed by atoms with Crippen LogP contribution in [0.25, 0.3) is 22.3 Å². The van der Waals surface area contributed by atoms with Crippen LogP contribution in [0.15, 0.2) is 35.1 Å². The third-order valence-electron chi connectivity index (χ3n) is 7.45. The number of ether oxygens (including phenoxy) is 5. The summed E-state index contributed by atoms with van der Waals surface area (Å²) in [6.07, 6.45) is -0.00777. The number of hydrazine groups is 1. The molecule has 15 heteroatoms. The second kappa shape index (κ2) is 14.1. The summed E-state index contributed by atoms with van der Waals surface area (Å²) in [4.78, 5) is 56.5. The van der Waals surface area contributed by atoms with Crippen LogP contribution in [0.5, 0.6) is 5.75 Å². The van der Waals surface area contributed by atoms with Gasteiger partial charge in [0, 0.05) is 23.1 Å². The molecule has 5 rings (SSSR count). The molecule has 0 unspecified atom stereocenters. The number of nitrogens with two attached hydrogens (primary N) is 1. The van der Waals surface area contributed by atoms with E-state index < -0.39 is 30.0 Å². The molecule has 0 spiro atoms. The summed E-state index contributed by atoms with van der Waals surface area (Å²) < 4.78 is 28.3. The Morgan fingerprint density at radius 3 is 2.60 bits per heavy atom. The molecule has 2 aliphatic heterocycles. The van der Waals surface area contributed by atoms with Crippen molar-refractivity contribution in [3.8, 4) is 17.1 Å². The normalized spacial score (nSPS) is 16.5. The quantitative estimate of drug-likeness (QED) is 0.0780. The molecule has 45 heavy (non-hydrogen) atoms. The lowest BCUT2D eigenvalue weighted by Gasteiger charge is -2.35. The van der Waals surface area contributed by atoms with E-state index in [4.69, 9.17) is 34.4 Å². The van der Waals surface area contributed by atoms with Crippen LogP contribution in [0.2, 0.25) is 0 Å². The Balaban J connectivity index is 1.22. The first-order chi connectivity index (χ1) is 21.8. The number of benzene rings is 1. The summed E-state index contributed by atoms with van der Waals surface area (Å²) in [5.41, 5.74) is 10.7. The Kier molecular flexibility index (Phi) is 10.0. The van der Waals surface area contributed by atoms with Crippen molar-refractivity contribution in [1.82, 2.24) is 20.4 Å². The van der Waals surface area contributed by atoms with E-state index in [-0.39, 0.29) is 61.8 Å². The molecule has 1 aromatic carbocycles. The number of phenolic OH excluding ortho intramolecular Hbond substituents is 1. The molecule has 0 saturated heterocycles. The SMILES string of the molecule is CC[C@@]1(OC(=O)CNNC(=O)COCCOCCOCCN)C(=O)OCc2c1cc1n(c2=O)Cc2cc3cc(O)ccc3nc2-1. The molecule has 2 aliphatic rings. The number of hydrogen-bond donors (Lipinski definition) is 4. The Hall–Kier alpha value is -4.41.